The molecule has 1 amide bonds. The Morgan fingerprint density at radius 3 is 2.48 bits per heavy atom. The fourth-order valence-corrected chi connectivity index (χ4v) is 4.94. The molecule has 1 heterocycles. The molecule has 9 heteroatoms. The molecule has 1 aliphatic carbocycles. The molecular formula is C22H26N2O6S. The number of rotatable bonds is 6. The van der Waals surface area contributed by atoms with Gasteiger partial charge >= 0.3 is 0 Å². The van der Waals surface area contributed by atoms with E-state index < -0.39 is 10.0 Å². The van der Waals surface area contributed by atoms with E-state index in [1.807, 2.05) is 0 Å². The van der Waals surface area contributed by atoms with E-state index in [2.05, 4.69) is 10.0 Å². The largest absolute Gasteiger partial charge is 0.496 e. The van der Waals surface area contributed by atoms with Crippen LogP contribution in [-0.2, 0) is 10.0 Å². The highest BCUT2D eigenvalue weighted by molar-refractivity contribution is 7.92. The summed E-state index contributed by atoms with van der Waals surface area (Å²) in [7, 11) is -2.48. The summed E-state index contributed by atoms with van der Waals surface area (Å²) in [5.74, 6) is 1.04. The summed E-state index contributed by atoms with van der Waals surface area (Å²) in [6.45, 7) is 0.858. The minimum Gasteiger partial charge on any atom is -0.496 e. The second-order valence-corrected chi connectivity index (χ2v) is 9.32. The number of sulfonamides is 1. The molecule has 2 aromatic rings. The highest BCUT2D eigenvalue weighted by Crippen LogP contribution is 2.33. The summed E-state index contributed by atoms with van der Waals surface area (Å²) in [6.07, 6.45) is 5.19. The molecule has 2 aromatic carbocycles. The lowest BCUT2D eigenvalue weighted by Crippen LogP contribution is -2.36. The maximum atomic E-state index is 13.0. The molecule has 8 nitrogen and oxygen atoms in total. The van der Waals surface area contributed by atoms with Crippen molar-refractivity contribution in [2.45, 2.75) is 43.0 Å². The van der Waals surface area contributed by atoms with E-state index in [1.165, 1.54) is 31.7 Å². The number of hydrogen-bond donors (Lipinski definition) is 2. The third kappa shape index (κ3) is 4.87. The topological polar surface area (TPSA) is 103 Å². The molecule has 0 bridgehead atoms. The van der Waals surface area contributed by atoms with Crippen molar-refractivity contribution in [3.05, 3.63) is 42.0 Å². The molecule has 0 radical (unpaired) electrons. The van der Waals surface area contributed by atoms with Crippen molar-refractivity contribution in [1.29, 1.82) is 0 Å². The summed E-state index contributed by atoms with van der Waals surface area (Å²) in [5, 5.41) is 3.01. The highest BCUT2D eigenvalue weighted by Gasteiger charge is 2.23. The van der Waals surface area contributed by atoms with E-state index in [9.17, 15) is 13.2 Å². The molecule has 1 saturated carbocycles. The van der Waals surface area contributed by atoms with Gasteiger partial charge in [0.05, 0.1) is 23.3 Å². The summed E-state index contributed by atoms with van der Waals surface area (Å²) in [4.78, 5) is 12.8. The predicted molar refractivity (Wildman–Crippen MR) is 116 cm³/mol. The molecule has 1 fully saturated rings. The van der Waals surface area contributed by atoms with Crippen LogP contribution in [0.25, 0.3) is 0 Å². The Hall–Kier alpha value is -2.94. The lowest BCUT2D eigenvalue weighted by molar-refractivity contribution is 0.0924. The maximum Gasteiger partial charge on any atom is 0.261 e. The van der Waals surface area contributed by atoms with Crippen LogP contribution in [0.4, 0.5) is 5.69 Å². The number of hydrogen-bond acceptors (Lipinski definition) is 6. The minimum atomic E-state index is -3.94. The molecule has 4 rings (SSSR count). The Morgan fingerprint density at radius 1 is 1.00 bits per heavy atom. The molecule has 0 aromatic heterocycles. The van der Waals surface area contributed by atoms with Gasteiger partial charge in [-0.1, -0.05) is 19.3 Å². The van der Waals surface area contributed by atoms with Crippen molar-refractivity contribution in [2.24, 2.45) is 0 Å². The van der Waals surface area contributed by atoms with Crippen molar-refractivity contribution in [1.82, 2.24) is 5.32 Å². The number of fused-ring (bicyclic) bond motifs is 1. The first-order valence-electron chi connectivity index (χ1n) is 10.4. The molecule has 2 aliphatic rings. The first-order valence-corrected chi connectivity index (χ1v) is 11.9. The zero-order valence-electron chi connectivity index (χ0n) is 17.3. The van der Waals surface area contributed by atoms with Crippen LogP contribution >= 0.6 is 0 Å². The first kappa shape index (κ1) is 21.3. The van der Waals surface area contributed by atoms with Gasteiger partial charge in [0.15, 0.2) is 11.5 Å². The van der Waals surface area contributed by atoms with E-state index >= 15 is 0 Å². The fraction of sp³-hybridized carbons (Fsp3) is 0.409. The van der Waals surface area contributed by atoms with Gasteiger partial charge in [-0.05, 0) is 43.2 Å². The van der Waals surface area contributed by atoms with Crippen LogP contribution in [0.5, 0.6) is 17.2 Å². The van der Waals surface area contributed by atoms with Gasteiger partial charge in [-0.3, -0.25) is 9.52 Å². The molecule has 0 saturated heterocycles. The molecule has 0 atom stereocenters. The quantitative estimate of drug-likeness (QED) is 0.706. The number of nitrogens with one attached hydrogen (secondary N) is 2. The van der Waals surface area contributed by atoms with Gasteiger partial charge in [-0.15, -0.1) is 0 Å². The van der Waals surface area contributed by atoms with Crippen LogP contribution in [0.3, 0.4) is 0 Å². The normalized spacial score (nSPS) is 16.4. The summed E-state index contributed by atoms with van der Waals surface area (Å²) < 4.78 is 44.8. The van der Waals surface area contributed by atoms with E-state index in [-0.39, 0.29) is 22.4 Å². The highest BCUT2D eigenvalue weighted by atomic mass is 32.2. The van der Waals surface area contributed by atoms with Crippen molar-refractivity contribution in [3.63, 3.8) is 0 Å². The molecule has 2 N–H and O–H groups in total. The van der Waals surface area contributed by atoms with Gasteiger partial charge < -0.3 is 19.5 Å². The van der Waals surface area contributed by atoms with Gasteiger partial charge in [-0.25, -0.2) is 8.42 Å². The van der Waals surface area contributed by atoms with Gasteiger partial charge in [0, 0.05) is 12.1 Å². The van der Waals surface area contributed by atoms with Crippen LogP contribution in [0, 0.1) is 0 Å². The Labute approximate surface area is 181 Å². The number of anilines is 1. The van der Waals surface area contributed by atoms with Crippen LogP contribution in [0.15, 0.2) is 41.3 Å². The zero-order valence-corrected chi connectivity index (χ0v) is 18.2. The molecule has 31 heavy (non-hydrogen) atoms. The summed E-state index contributed by atoms with van der Waals surface area (Å²) >= 11 is 0. The van der Waals surface area contributed by atoms with Gasteiger partial charge in [0.25, 0.3) is 15.9 Å². The Bertz CT molecular complexity index is 1060. The minimum absolute atomic E-state index is 0.0306. The van der Waals surface area contributed by atoms with E-state index in [0.717, 1.165) is 25.7 Å². The fourth-order valence-electron chi connectivity index (χ4n) is 3.86. The Kier molecular flexibility index (Phi) is 6.22. The standard InChI is InChI=1S/C22H26N2O6S/c1-28-19-10-8-17(14-18(19)22(25)23-15-5-3-2-4-6-15)31(26,27)24-16-7-9-20-21(13-16)30-12-11-29-20/h7-10,13-15,24H,2-6,11-12H2,1H3,(H,23,25). The third-order valence-corrected chi connectivity index (χ3v) is 6.84. The molecule has 0 unspecified atom stereocenters. The first-order chi connectivity index (χ1) is 15.0. The smallest absolute Gasteiger partial charge is 0.261 e. The van der Waals surface area contributed by atoms with Crippen LogP contribution in [0.1, 0.15) is 42.5 Å². The summed E-state index contributed by atoms with van der Waals surface area (Å²) in [5.41, 5.74) is 0.534. The number of benzene rings is 2. The number of amides is 1. The lowest BCUT2D eigenvalue weighted by atomic mass is 9.95. The van der Waals surface area contributed by atoms with Gasteiger partial charge in [-0.2, -0.15) is 0 Å². The van der Waals surface area contributed by atoms with Crippen molar-refractivity contribution in [2.75, 3.05) is 25.0 Å². The van der Waals surface area contributed by atoms with Crippen LogP contribution in [0.2, 0.25) is 0 Å². The SMILES string of the molecule is COc1ccc(S(=O)(=O)Nc2ccc3c(c2)OCCO3)cc1C(=O)NC1CCCCC1. The lowest BCUT2D eigenvalue weighted by Gasteiger charge is -2.23. The monoisotopic (exact) mass is 446 g/mol. The molecular weight excluding hydrogens is 420 g/mol. The van der Waals surface area contributed by atoms with Crippen molar-refractivity contribution in [3.8, 4) is 17.2 Å². The van der Waals surface area contributed by atoms with Crippen LogP contribution in [-0.4, -0.2) is 40.7 Å². The van der Waals surface area contributed by atoms with Crippen molar-refractivity contribution >= 4 is 21.6 Å². The predicted octanol–water partition coefficient (Wildman–Crippen LogP) is 3.33. The maximum absolute atomic E-state index is 13.0. The number of carbonyl (C=O) groups is 1. The Morgan fingerprint density at radius 2 is 1.74 bits per heavy atom. The van der Waals surface area contributed by atoms with E-state index in [1.54, 1.807) is 18.2 Å². The summed E-state index contributed by atoms with van der Waals surface area (Å²) in [6, 6.07) is 9.19. The van der Waals surface area contributed by atoms with Crippen molar-refractivity contribution < 1.29 is 27.4 Å². The van der Waals surface area contributed by atoms with Gasteiger partial charge in [0.1, 0.15) is 19.0 Å². The third-order valence-electron chi connectivity index (χ3n) is 5.46. The number of carbonyl (C=O) groups excluding carboxylic acids is 1. The Balaban J connectivity index is 1.56. The number of ether oxygens (including phenoxy) is 3. The van der Waals surface area contributed by atoms with E-state index in [0.29, 0.717) is 36.1 Å². The van der Waals surface area contributed by atoms with E-state index in [4.69, 9.17) is 14.2 Å². The molecule has 0 spiro atoms. The second kappa shape index (κ2) is 9.05. The average Bonchev–Trinajstić information content (AvgIpc) is 2.79. The number of methoxy groups -OCH3 is 1. The average molecular weight is 447 g/mol. The van der Waals surface area contributed by atoms with Gasteiger partial charge in [0.2, 0.25) is 0 Å². The molecule has 1 aliphatic heterocycles. The second-order valence-electron chi connectivity index (χ2n) is 7.63. The zero-order chi connectivity index (χ0) is 21.8. The molecule has 166 valence electrons. The van der Waals surface area contributed by atoms with Crippen LogP contribution < -0.4 is 24.2 Å².